The smallest absolute Gasteiger partial charge is 0.339 e. The Morgan fingerprint density at radius 1 is 0.950 bits per heavy atom. The molecule has 1 aliphatic rings. The summed E-state index contributed by atoms with van der Waals surface area (Å²) in [5, 5.41) is 2.16. The van der Waals surface area contributed by atoms with Gasteiger partial charge in [0.2, 0.25) is 0 Å². The van der Waals surface area contributed by atoms with Gasteiger partial charge < -0.3 is 13.7 Å². The average molecular weight is 629 g/mol. The highest BCUT2D eigenvalue weighted by Crippen LogP contribution is 2.31. The van der Waals surface area contributed by atoms with Crippen LogP contribution in [0.3, 0.4) is 0 Å². The largest absolute Gasteiger partial charge is 0.493 e. The van der Waals surface area contributed by atoms with E-state index in [0.717, 1.165) is 11.3 Å². The molecule has 0 bridgehead atoms. The average Bonchev–Trinajstić information content (AvgIpc) is 2.94. The fourth-order valence-corrected chi connectivity index (χ4v) is 5.13. The minimum Gasteiger partial charge on any atom is -0.493 e. The van der Waals surface area contributed by atoms with Gasteiger partial charge in [0, 0.05) is 10.0 Å². The molecule has 12 heteroatoms. The van der Waals surface area contributed by atoms with Crippen LogP contribution in [0.25, 0.3) is 6.08 Å². The molecule has 208 valence electrons. The highest BCUT2D eigenvalue weighted by atomic mass is 79.9. The van der Waals surface area contributed by atoms with E-state index < -0.39 is 28.0 Å². The summed E-state index contributed by atoms with van der Waals surface area (Å²) in [6.45, 7) is 2.30. The number of nitrogens with one attached hydrogen (secondary N) is 1. The lowest BCUT2D eigenvalue weighted by Crippen LogP contribution is -2.53. The quantitative estimate of drug-likeness (QED) is 0.195. The molecule has 1 heterocycles. The van der Waals surface area contributed by atoms with Crippen molar-refractivity contribution < 1.29 is 36.5 Å². The van der Waals surface area contributed by atoms with Crippen LogP contribution in [0.4, 0.5) is 4.79 Å². The predicted molar refractivity (Wildman–Crippen MR) is 149 cm³/mol. The monoisotopic (exact) mass is 628 g/mol. The molecule has 3 aromatic carbocycles. The fourth-order valence-electron chi connectivity index (χ4n) is 3.78. The van der Waals surface area contributed by atoms with Crippen molar-refractivity contribution in [3.8, 4) is 17.2 Å². The molecule has 10 nitrogen and oxygen atoms in total. The molecular formula is C28H25BrN2O8S. The Labute approximate surface area is 239 Å². The van der Waals surface area contributed by atoms with Crippen molar-refractivity contribution in [2.75, 3.05) is 13.7 Å². The summed E-state index contributed by atoms with van der Waals surface area (Å²) in [6, 6.07) is 16.1. The van der Waals surface area contributed by atoms with E-state index in [9.17, 15) is 22.8 Å². The van der Waals surface area contributed by atoms with Gasteiger partial charge in [0.25, 0.3) is 11.8 Å². The molecule has 0 saturated carbocycles. The molecule has 1 saturated heterocycles. The second kappa shape index (κ2) is 12.3. The van der Waals surface area contributed by atoms with Gasteiger partial charge in [-0.05, 0) is 60.5 Å². The summed E-state index contributed by atoms with van der Waals surface area (Å²) in [5.41, 5.74) is 0.300. The molecule has 4 rings (SSSR count). The van der Waals surface area contributed by atoms with Crippen molar-refractivity contribution in [2.45, 2.75) is 24.8 Å². The van der Waals surface area contributed by atoms with Crippen LogP contribution < -0.4 is 19.0 Å². The van der Waals surface area contributed by atoms with Gasteiger partial charge in [0.1, 0.15) is 16.2 Å². The zero-order chi connectivity index (χ0) is 28.9. The van der Waals surface area contributed by atoms with Gasteiger partial charge in [0.15, 0.2) is 11.5 Å². The van der Waals surface area contributed by atoms with Crippen molar-refractivity contribution in [3.05, 3.63) is 87.9 Å². The molecular weight excluding hydrogens is 604 g/mol. The van der Waals surface area contributed by atoms with Crippen molar-refractivity contribution >= 4 is 50.0 Å². The minimum atomic E-state index is -4.21. The molecule has 0 radical (unpaired) electrons. The normalized spacial score (nSPS) is 14.7. The topological polar surface area (TPSA) is 128 Å². The Bertz CT molecular complexity index is 1590. The lowest BCUT2D eigenvalue weighted by molar-refractivity contribution is -0.130. The number of benzene rings is 3. The first-order chi connectivity index (χ1) is 19.1. The van der Waals surface area contributed by atoms with E-state index in [-0.39, 0.29) is 28.3 Å². The molecule has 3 aromatic rings. The highest BCUT2D eigenvalue weighted by molar-refractivity contribution is 9.10. The van der Waals surface area contributed by atoms with Crippen LogP contribution in [0.5, 0.6) is 17.2 Å². The third-order valence-corrected chi connectivity index (χ3v) is 7.46. The van der Waals surface area contributed by atoms with E-state index in [2.05, 4.69) is 21.2 Å². The fraction of sp³-hybridized carbons (Fsp3) is 0.179. The Morgan fingerprint density at radius 2 is 1.68 bits per heavy atom. The van der Waals surface area contributed by atoms with Gasteiger partial charge in [-0.1, -0.05) is 47.1 Å². The van der Waals surface area contributed by atoms with Crippen LogP contribution in [-0.4, -0.2) is 44.9 Å². The van der Waals surface area contributed by atoms with Crippen molar-refractivity contribution in [2.24, 2.45) is 0 Å². The van der Waals surface area contributed by atoms with Crippen LogP contribution in [0.1, 0.15) is 24.5 Å². The molecule has 1 aliphatic heterocycles. The number of hydrogen-bond acceptors (Lipinski definition) is 8. The predicted octanol–water partition coefficient (Wildman–Crippen LogP) is 4.68. The second-order valence-corrected chi connectivity index (χ2v) is 11.0. The zero-order valence-corrected chi connectivity index (χ0v) is 24.0. The van der Waals surface area contributed by atoms with Gasteiger partial charge in [-0.25, -0.2) is 4.79 Å². The van der Waals surface area contributed by atoms with Crippen molar-refractivity contribution in [1.82, 2.24) is 10.2 Å². The maximum atomic E-state index is 13.4. The number of urea groups is 1. The first kappa shape index (κ1) is 28.8. The summed E-state index contributed by atoms with van der Waals surface area (Å²) in [7, 11) is -2.73. The number of amides is 4. The molecule has 1 fully saturated rings. The number of ether oxygens (including phenoxy) is 2. The van der Waals surface area contributed by atoms with E-state index in [1.165, 1.54) is 37.5 Å². The lowest BCUT2D eigenvalue weighted by Gasteiger charge is -2.26. The number of methoxy groups -OCH3 is 1. The van der Waals surface area contributed by atoms with Crippen LogP contribution in [-0.2, 0) is 26.3 Å². The number of halogens is 1. The van der Waals surface area contributed by atoms with Crippen LogP contribution in [0.2, 0.25) is 0 Å². The maximum absolute atomic E-state index is 13.4. The van der Waals surface area contributed by atoms with Gasteiger partial charge in [-0.15, -0.1) is 0 Å². The Kier molecular flexibility index (Phi) is 8.90. The third-order valence-electron chi connectivity index (χ3n) is 5.72. The minimum absolute atomic E-state index is 0.0682. The number of rotatable bonds is 10. The SMILES string of the molecule is CCCOc1ccc(CN2C(=O)NC(=O)/C(=C\c3cc(Br)ccc3OS(=O)(=O)c3ccccc3)C2=O)cc1OC. The molecule has 0 unspecified atom stereocenters. The van der Waals surface area contributed by atoms with Gasteiger partial charge in [0.05, 0.1) is 20.3 Å². The van der Waals surface area contributed by atoms with E-state index >= 15 is 0 Å². The first-order valence-corrected chi connectivity index (χ1v) is 14.3. The van der Waals surface area contributed by atoms with E-state index in [4.69, 9.17) is 13.7 Å². The summed E-state index contributed by atoms with van der Waals surface area (Å²) >= 11 is 3.31. The molecule has 4 amide bonds. The standard InChI is InChI=1S/C28H25BrN2O8S/c1-3-13-38-24-11-9-18(14-25(24)37-2)17-31-27(33)22(26(32)30-28(31)34)16-19-15-20(29)10-12-23(19)39-40(35,36)21-7-5-4-6-8-21/h4-12,14-16H,3,13,17H2,1-2H3,(H,30,32,34)/b22-16+. The molecule has 0 aliphatic carbocycles. The van der Waals surface area contributed by atoms with Gasteiger partial charge in [-0.3, -0.25) is 19.8 Å². The van der Waals surface area contributed by atoms with E-state index in [1.54, 1.807) is 42.5 Å². The number of nitrogens with zero attached hydrogens (tertiary/aromatic N) is 1. The Hall–Kier alpha value is -4.16. The summed E-state index contributed by atoms with van der Waals surface area (Å²) in [4.78, 5) is 39.5. The summed E-state index contributed by atoms with van der Waals surface area (Å²) < 4.78 is 42.6. The summed E-state index contributed by atoms with van der Waals surface area (Å²) in [6.07, 6.45) is 1.99. The number of carbonyl (C=O) groups is 3. The molecule has 40 heavy (non-hydrogen) atoms. The Morgan fingerprint density at radius 3 is 2.38 bits per heavy atom. The first-order valence-electron chi connectivity index (χ1n) is 12.1. The zero-order valence-electron chi connectivity index (χ0n) is 21.5. The molecule has 0 atom stereocenters. The number of barbiturate groups is 1. The number of imide groups is 2. The number of carbonyl (C=O) groups excluding carboxylic acids is 3. The van der Waals surface area contributed by atoms with Crippen LogP contribution in [0.15, 0.2) is 81.7 Å². The molecule has 0 spiro atoms. The summed E-state index contributed by atoms with van der Waals surface area (Å²) in [5.74, 6) is -0.958. The molecule has 1 N–H and O–H groups in total. The lowest BCUT2D eigenvalue weighted by atomic mass is 10.1. The Balaban J connectivity index is 1.65. The van der Waals surface area contributed by atoms with E-state index in [1.807, 2.05) is 6.92 Å². The second-order valence-electron chi connectivity index (χ2n) is 8.57. The van der Waals surface area contributed by atoms with Gasteiger partial charge >= 0.3 is 16.1 Å². The van der Waals surface area contributed by atoms with Crippen molar-refractivity contribution in [3.63, 3.8) is 0 Å². The van der Waals surface area contributed by atoms with Crippen LogP contribution >= 0.6 is 15.9 Å². The van der Waals surface area contributed by atoms with Crippen molar-refractivity contribution in [1.29, 1.82) is 0 Å². The number of hydrogen-bond donors (Lipinski definition) is 1. The highest BCUT2D eigenvalue weighted by Gasteiger charge is 2.36. The van der Waals surface area contributed by atoms with E-state index in [0.29, 0.717) is 28.1 Å². The maximum Gasteiger partial charge on any atom is 0.339 e. The molecule has 0 aromatic heterocycles. The van der Waals surface area contributed by atoms with Gasteiger partial charge in [-0.2, -0.15) is 8.42 Å². The third kappa shape index (κ3) is 6.52. The van der Waals surface area contributed by atoms with Crippen LogP contribution in [0, 0.1) is 0 Å².